The molecule has 1 atom stereocenters. The van der Waals surface area contributed by atoms with Crippen LogP contribution >= 0.6 is 0 Å². The molecule has 1 nitrogen and oxygen atoms in total. The molecule has 0 saturated heterocycles. The minimum absolute atomic E-state index is 0.129. The Morgan fingerprint density at radius 1 is 1.58 bits per heavy atom. The molecule has 1 aromatic rings. The maximum absolute atomic E-state index is 12.8. The van der Waals surface area contributed by atoms with Gasteiger partial charge in [-0.25, -0.2) is 4.39 Å². The minimum atomic E-state index is -0.129. The van der Waals surface area contributed by atoms with Gasteiger partial charge in [0, 0.05) is 18.2 Å². The van der Waals surface area contributed by atoms with Crippen molar-refractivity contribution in [2.75, 3.05) is 11.9 Å². The van der Waals surface area contributed by atoms with E-state index in [1.54, 1.807) is 6.07 Å². The van der Waals surface area contributed by atoms with Crippen LogP contribution in [-0.2, 0) is 0 Å². The second-order valence-corrected chi connectivity index (χ2v) is 3.22. The quantitative estimate of drug-likeness (QED) is 0.674. The highest BCUT2D eigenvalue weighted by molar-refractivity contribution is 5.57. The zero-order valence-electron chi connectivity index (χ0n) is 7.10. The Morgan fingerprint density at radius 3 is 3.17 bits per heavy atom. The van der Waals surface area contributed by atoms with E-state index in [1.807, 2.05) is 6.07 Å². The third-order valence-electron chi connectivity index (χ3n) is 2.49. The van der Waals surface area contributed by atoms with Crippen molar-refractivity contribution in [3.63, 3.8) is 0 Å². The molecule has 1 N–H and O–H groups in total. The van der Waals surface area contributed by atoms with Crippen LogP contribution in [0.25, 0.3) is 0 Å². The molecule has 0 amide bonds. The Morgan fingerprint density at radius 2 is 2.42 bits per heavy atom. The van der Waals surface area contributed by atoms with Crippen molar-refractivity contribution in [1.82, 2.24) is 0 Å². The first-order valence-corrected chi connectivity index (χ1v) is 4.34. The first-order valence-electron chi connectivity index (χ1n) is 4.34. The number of fused-ring (bicyclic) bond motifs is 1. The fourth-order valence-electron chi connectivity index (χ4n) is 1.74. The Balaban J connectivity index is 2.42. The van der Waals surface area contributed by atoms with Gasteiger partial charge in [-0.1, -0.05) is 6.92 Å². The van der Waals surface area contributed by atoms with Gasteiger partial charge in [0.15, 0.2) is 0 Å². The fourth-order valence-corrected chi connectivity index (χ4v) is 1.74. The lowest BCUT2D eigenvalue weighted by atomic mass is 9.99. The number of hydrogen-bond acceptors (Lipinski definition) is 1. The maximum atomic E-state index is 12.8. The first kappa shape index (κ1) is 7.59. The SMILES string of the molecule is CC[C@@H]1CNc2ccc(F)cc21. The van der Waals surface area contributed by atoms with E-state index < -0.39 is 0 Å². The Labute approximate surface area is 71.6 Å². The average Bonchev–Trinajstić information content (AvgIpc) is 2.46. The van der Waals surface area contributed by atoms with Crippen molar-refractivity contribution in [2.24, 2.45) is 0 Å². The summed E-state index contributed by atoms with van der Waals surface area (Å²) in [6, 6.07) is 4.97. The maximum Gasteiger partial charge on any atom is 0.123 e. The van der Waals surface area contributed by atoms with Crippen molar-refractivity contribution in [1.29, 1.82) is 0 Å². The topological polar surface area (TPSA) is 12.0 Å². The van der Waals surface area contributed by atoms with Gasteiger partial charge in [0.25, 0.3) is 0 Å². The summed E-state index contributed by atoms with van der Waals surface area (Å²) in [6.45, 7) is 3.08. The van der Waals surface area contributed by atoms with E-state index in [2.05, 4.69) is 12.2 Å². The van der Waals surface area contributed by atoms with Gasteiger partial charge < -0.3 is 5.32 Å². The van der Waals surface area contributed by atoms with Gasteiger partial charge in [-0.2, -0.15) is 0 Å². The lowest BCUT2D eigenvalue weighted by Gasteiger charge is -2.04. The van der Waals surface area contributed by atoms with Crippen LogP contribution in [0, 0.1) is 5.82 Å². The van der Waals surface area contributed by atoms with Crippen LogP contribution in [0.15, 0.2) is 18.2 Å². The second-order valence-electron chi connectivity index (χ2n) is 3.22. The molecule has 1 aliphatic heterocycles. The predicted molar refractivity (Wildman–Crippen MR) is 47.9 cm³/mol. The van der Waals surface area contributed by atoms with E-state index in [1.165, 1.54) is 6.07 Å². The lowest BCUT2D eigenvalue weighted by molar-refractivity contribution is 0.622. The molecule has 1 heterocycles. The molecule has 1 aliphatic rings. The second kappa shape index (κ2) is 2.77. The summed E-state index contributed by atoms with van der Waals surface area (Å²) in [5.74, 6) is 0.367. The van der Waals surface area contributed by atoms with Crippen molar-refractivity contribution < 1.29 is 4.39 Å². The molecule has 0 aliphatic carbocycles. The van der Waals surface area contributed by atoms with Gasteiger partial charge in [-0.15, -0.1) is 0 Å². The molecule has 12 heavy (non-hydrogen) atoms. The van der Waals surface area contributed by atoms with E-state index in [-0.39, 0.29) is 5.82 Å². The first-order chi connectivity index (χ1) is 5.81. The lowest BCUT2D eigenvalue weighted by Crippen LogP contribution is -1.99. The zero-order valence-corrected chi connectivity index (χ0v) is 7.10. The van der Waals surface area contributed by atoms with Crippen LogP contribution in [0.5, 0.6) is 0 Å². The molecule has 0 saturated carbocycles. The molecule has 0 radical (unpaired) electrons. The molecular formula is C10H12FN. The fraction of sp³-hybridized carbons (Fsp3) is 0.400. The molecule has 0 unspecified atom stereocenters. The Kier molecular flexibility index (Phi) is 1.75. The Hall–Kier alpha value is -1.05. The van der Waals surface area contributed by atoms with Crippen LogP contribution in [0.2, 0.25) is 0 Å². The van der Waals surface area contributed by atoms with Crippen molar-refractivity contribution in [2.45, 2.75) is 19.3 Å². The molecule has 0 bridgehead atoms. The number of halogens is 1. The van der Waals surface area contributed by atoms with Crippen molar-refractivity contribution in [3.05, 3.63) is 29.6 Å². The summed E-state index contributed by atoms with van der Waals surface area (Å²) in [7, 11) is 0. The monoisotopic (exact) mass is 165 g/mol. The van der Waals surface area contributed by atoms with Crippen LogP contribution in [-0.4, -0.2) is 6.54 Å². The minimum Gasteiger partial charge on any atom is -0.384 e. The van der Waals surface area contributed by atoms with Gasteiger partial charge in [-0.05, 0) is 30.2 Å². The van der Waals surface area contributed by atoms with E-state index in [0.717, 1.165) is 24.2 Å². The van der Waals surface area contributed by atoms with Crippen molar-refractivity contribution >= 4 is 5.69 Å². The third kappa shape index (κ3) is 1.07. The van der Waals surface area contributed by atoms with Crippen LogP contribution < -0.4 is 5.32 Å². The van der Waals surface area contributed by atoms with Gasteiger partial charge in [0.05, 0.1) is 0 Å². The molecular weight excluding hydrogens is 153 g/mol. The molecule has 1 aromatic carbocycles. The summed E-state index contributed by atoms with van der Waals surface area (Å²) in [4.78, 5) is 0. The average molecular weight is 165 g/mol. The van der Waals surface area contributed by atoms with Crippen molar-refractivity contribution in [3.8, 4) is 0 Å². The predicted octanol–water partition coefficient (Wildman–Crippen LogP) is 2.74. The summed E-state index contributed by atoms with van der Waals surface area (Å²) in [5.41, 5.74) is 2.24. The standard InChI is InChI=1S/C10H12FN/c1-2-7-6-12-10-4-3-8(11)5-9(7)10/h3-5,7,12H,2,6H2,1H3/t7-/m1/s1. The zero-order chi connectivity index (χ0) is 8.55. The Bertz CT molecular complexity index is 296. The molecule has 2 heteroatoms. The van der Waals surface area contributed by atoms with E-state index in [0.29, 0.717) is 5.92 Å². The third-order valence-corrected chi connectivity index (χ3v) is 2.49. The molecule has 2 rings (SSSR count). The van der Waals surface area contributed by atoms with Gasteiger partial charge >= 0.3 is 0 Å². The number of rotatable bonds is 1. The summed E-state index contributed by atoms with van der Waals surface area (Å²) in [6.07, 6.45) is 1.07. The highest BCUT2D eigenvalue weighted by atomic mass is 19.1. The highest BCUT2D eigenvalue weighted by Gasteiger charge is 2.20. The molecule has 0 spiro atoms. The summed E-state index contributed by atoms with van der Waals surface area (Å²) in [5, 5.41) is 3.26. The number of hydrogen-bond donors (Lipinski definition) is 1. The normalized spacial score (nSPS) is 20.3. The van der Waals surface area contributed by atoms with E-state index in [9.17, 15) is 4.39 Å². The van der Waals surface area contributed by atoms with Gasteiger partial charge in [0.1, 0.15) is 5.82 Å². The van der Waals surface area contributed by atoms with E-state index >= 15 is 0 Å². The van der Waals surface area contributed by atoms with Crippen LogP contribution in [0.3, 0.4) is 0 Å². The van der Waals surface area contributed by atoms with Crippen LogP contribution in [0.1, 0.15) is 24.8 Å². The summed E-state index contributed by atoms with van der Waals surface area (Å²) < 4.78 is 12.8. The molecule has 0 fully saturated rings. The smallest absolute Gasteiger partial charge is 0.123 e. The van der Waals surface area contributed by atoms with Crippen LogP contribution in [0.4, 0.5) is 10.1 Å². The molecule has 64 valence electrons. The number of benzene rings is 1. The van der Waals surface area contributed by atoms with E-state index in [4.69, 9.17) is 0 Å². The van der Waals surface area contributed by atoms with Gasteiger partial charge in [-0.3, -0.25) is 0 Å². The number of anilines is 1. The largest absolute Gasteiger partial charge is 0.384 e. The van der Waals surface area contributed by atoms with Gasteiger partial charge in [0.2, 0.25) is 0 Å². The summed E-state index contributed by atoms with van der Waals surface area (Å²) >= 11 is 0. The number of nitrogens with one attached hydrogen (secondary N) is 1. The highest BCUT2D eigenvalue weighted by Crippen LogP contribution is 2.33. The molecule has 0 aromatic heterocycles.